The molecule has 1 aromatic carbocycles. The molecule has 0 aliphatic carbocycles. The summed E-state index contributed by atoms with van der Waals surface area (Å²) in [5.74, 6) is 1.10. The van der Waals surface area contributed by atoms with Crippen molar-refractivity contribution in [2.45, 2.75) is 12.5 Å². The number of amides is 1. The molecule has 1 unspecified atom stereocenters. The molecule has 1 aliphatic rings. The van der Waals surface area contributed by atoms with Crippen molar-refractivity contribution in [1.82, 2.24) is 9.88 Å². The monoisotopic (exact) mass is 382 g/mol. The van der Waals surface area contributed by atoms with Gasteiger partial charge in [0.25, 0.3) is 0 Å². The number of carbonyl (C=O) groups excluding carboxylic acids is 1. The third kappa shape index (κ3) is 5.59. The quantitative estimate of drug-likeness (QED) is 0.882. The van der Waals surface area contributed by atoms with Crippen LogP contribution in [0.4, 0.5) is 5.82 Å². The fourth-order valence-corrected chi connectivity index (χ4v) is 2.86. The first-order valence-corrected chi connectivity index (χ1v) is 7.98. The average Bonchev–Trinajstić information content (AvgIpc) is 2.63. The summed E-state index contributed by atoms with van der Waals surface area (Å²) < 4.78 is 0. The molecule has 1 aliphatic heterocycles. The third-order valence-electron chi connectivity index (χ3n) is 4.23. The predicted octanol–water partition coefficient (Wildman–Crippen LogP) is 2.66. The molecular formula is C18H24Cl2N4O. The van der Waals surface area contributed by atoms with E-state index < -0.39 is 0 Å². The van der Waals surface area contributed by atoms with Crippen LogP contribution in [0.5, 0.6) is 0 Å². The first-order chi connectivity index (χ1) is 11.2. The van der Waals surface area contributed by atoms with E-state index in [1.54, 1.807) is 6.20 Å². The number of carbonyl (C=O) groups is 1. The lowest BCUT2D eigenvalue weighted by molar-refractivity contribution is -0.131. The molecular weight excluding hydrogens is 359 g/mol. The van der Waals surface area contributed by atoms with E-state index in [2.05, 4.69) is 9.88 Å². The third-order valence-corrected chi connectivity index (χ3v) is 4.23. The predicted molar refractivity (Wildman–Crippen MR) is 106 cm³/mol. The second-order valence-corrected chi connectivity index (χ2v) is 5.78. The standard InChI is InChI=1S/C18H22N4O.2ClH/c19-16(15-6-2-1-3-7-15)14-18(23)22-12-10-21(11-13-22)17-8-4-5-9-20-17;;/h1-9,16H,10-14,19H2;2*1H. The van der Waals surface area contributed by atoms with Crippen molar-refractivity contribution in [3.63, 3.8) is 0 Å². The molecule has 0 radical (unpaired) electrons. The Hall–Kier alpha value is -1.82. The molecule has 1 fully saturated rings. The Labute approximate surface area is 161 Å². The minimum Gasteiger partial charge on any atom is -0.353 e. The van der Waals surface area contributed by atoms with Crippen molar-refractivity contribution in [2.24, 2.45) is 5.73 Å². The van der Waals surface area contributed by atoms with Gasteiger partial charge in [-0.25, -0.2) is 4.98 Å². The average molecular weight is 383 g/mol. The summed E-state index contributed by atoms with van der Waals surface area (Å²) in [7, 11) is 0. The first kappa shape index (κ1) is 21.2. The molecule has 1 aromatic heterocycles. The van der Waals surface area contributed by atoms with Crippen LogP contribution in [-0.4, -0.2) is 42.0 Å². The van der Waals surface area contributed by atoms with Gasteiger partial charge in [-0.05, 0) is 17.7 Å². The summed E-state index contributed by atoms with van der Waals surface area (Å²) in [4.78, 5) is 20.9. The van der Waals surface area contributed by atoms with Crippen molar-refractivity contribution in [3.05, 3.63) is 60.3 Å². The maximum atomic E-state index is 12.4. The van der Waals surface area contributed by atoms with Crippen molar-refractivity contribution in [1.29, 1.82) is 0 Å². The van der Waals surface area contributed by atoms with Crippen molar-refractivity contribution >= 4 is 36.5 Å². The Morgan fingerprint density at radius 3 is 2.24 bits per heavy atom. The van der Waals surface area contributed by atoms with Gasteiger partial charge in [0.1, 0.15) is 5.82 Å². The Balaban J connectivity index is 0.00000156. The highest BCUT2D eigenvalue weighted by Crippen LogP contribution is 2.17. The number of aromatic nitrogens is 1. The van der Waals surface area contributed by atoms with Gasteiger partial charge in [-0.2, -0.15) is 0 Å². The Bertz CT molecular complexity index is 634. The largest absolute Gasteiger partial charge is 0.353 e. The highest BCUT2D eigenvalue weighted by molar-refractivity contribution is 5.85. The van der Waals surface area contributed by atoms with Gasteiger partial charge in [-0.3, -0.25) is 4.79 Å². The first-order valence-electron chi connectivity index (χ1n) is 7.98. The normalized spacial score (nSPS) is 14.9. The lowest BCUT2D eigenvalue weighted by Crippen LogP contribution is -2.49. The molecule has 25 heavy (non-hydrogen) atoms. The van der Waals surface area contributed by atoms with Gasteiger partial charge in [0.2, 0.25) is 5.91 Å². The molecule has 2 aromatic rings. The molecule has 136 valence electrons. The summed E-state index contributed by atoms with van der Waals surface area (Å²) in [6.07, 6.45) is 2.15. The van der Waals surface area contributed by atoms with Crippen molar-refractivity contribution in [3.8, 4) is 0 Å². The minimum absolute atomic E-state index is 0. The Morgan fingerprint density at radius 2 is 1.64 bits per heavy atom. The Kier molecular flexibility index (Phi) is 8.69. The van der Waals surface area contributed by atoms with Crippen molar-refractivity contribution in [2.75, 3.05) is 31.1 Å². The number of nitrogens with zero attached hydrogens (tertiary/aromatic N) is 3. The highest BCUT2D eigenvalue weighted by atomic mass is 35.5. The highest BCUT2D eigenvalue weighted by Gasteiger charge is 2.23. The molecule has 1 amide bonds. The molecule has 5 nitrogen and oxygen atoms in total. The van der Waals surface area contributed by atoms with E-state index in [4.69, 9.17) is 5.73 Å². The number of pyridine rings is 1. The lowest BCUT2D eigenvalue weighted by atomic mass is 10.0. The van der Waals surface area contributed by atoms with Gasteiger partial charge in [0.15, 0.2) is 0 Å². The summed E-state index contributed by atoms with van der Waals surface area (Å²) in [6, 6.07) is 15.5. The fourth-order valence-electron chi connectivity index (χ4n) is 2.86. The molecule has 1 saturated heterocycles. The van der Waals surface area contributed by atoms with E-state index in [0.29, 0.717) is 6.42 Å². The lowest BCUT2D eigenvalue weighted by Gasteiger charge is -2.35. The molecule has 0 saturated carbocycles. The van der Waals surface area contributed by atoms with E-state index in [9.17, 15) is 4.79 Å². The van der Waals surface area contributed by atoms with E-state index in [1.807, 2.05) is 53.4 Å². The van der Waals surface area contributed by atoms with Gasteiger partial charge in [0.05, 0.1) is 0 Å². The van der Waals surface area contributed by atoms with Crippen LogP contribution in [0.15, 0.2) is 54.7 Å². The van der Waals surface area contributed by atoms with Gasteiger partial charge in [-0.15, -0.1) is 24.8 Å². The molecule has 0 bridgehead atoms. The Morgan fingerprint density at radius 1 is 1.00 bits per heavy atom. The van der Waals surface area contributed by atoms with Gasteiger partial charge in [0, 0.05) is 44.8 Å². The minimum atomic E-state index is -0.238. The van der Waals surface area contributed by atoms with Crippen LogP contribution >= 0.6 is 24.8 Å². The number of halogens is 2. The van der Waals surface area contributed by atoms with E-state index in [-0.39, 0.29) is 36.8 Å². The van der Waals surface area contributed by atoms with Crippen molar-refractivity contribution < 1.29 is 4.79 Å². The number of hydrogen-bond acceptors (Lipinski definition) is 4. The maximum absolute atomic E-state index is 12.4. The number of hydrogen-bond donors (Lipinski definition) is 1. The number of piperazine rings is 1. The van der Waals surface area contributed by atoms with E-state index >= 15 is 0 Å². The fraction of sp³-hybridized carbons (Fsp3) is 0.333. The van der Waals surface area contributed by atoms with Gasteiger partial charge >= 0.3 is 0 Å². The number of rotatable bonds is 4. The summed E-state index contributed by atoms with van der Waals surface area (Å²) >= 11 is 0. The van der Waals surface area contributed by atoms with Gasteiger partial charge < -0.3 is 15.5 Å². The van der Waals surface area contributed by atoms with Crippen LogP contribution in [0.2, 0.25) is 0 Å². The zero-order valence-electron chi connectivity index (χ0n) is 14.0. The van der Waals surface area contributed by atoms with Crippen LogP contribution in [0.25, 0.3) is 0 Å². The smallest absolute Gasteiger partial charge is 0.224 e. The second kappa shape index (κ2) is 10.2. The number of benzene rings is 1. The van der Waals surface area contributed by atoms with Crippen LogP contribution in [0.3, 0.4) is 0 Å². The number of nitrogens with two attached hydrogens (primary N) is 1. The molecule has 2 heterocycles. The zero-order valence-corrected chi connectivity index (χ0v) is 15.6. The molecule has 3 rings (SSSR count). The summed E-state index contributed by atoms with van der Waals surface area (Å²) in [5, 5.41) is 0. The van der Waals surface area contributed by atoms with E-state index in [1.165, 1.54) is 0 Å². The SMILES string of the molecule is Cl.Cl.NC(CC(=O)N1CCN(c2ccccn2)CC1)c1ccccc1. The summed E-state index contributed by atoms with van der Waals surface area (Å²) in [6.45, 7) is 3.06. The number of anilines is 1. The second-order valence-electron chi connectivity index (χ2n) is 5.78. The molecule has 1 atom stereocenters. The topological polar surface area (TPSA) is 62.5 Å². The maximum Gasteiger partial charge on any atom is 0.224 e. The van der Waals surface area contributed by atoms with Crippen LogP contribution in [-0.2, 0) is 4.79 Å². The van der Waals surface area contributed by atoms with Crippen LogP contribution in [0, 0.1) is 0 Å². The zero-order chi connectivity index (χ0) is 16.1. The van der Waals surface area contributed by atoms with Crippen LogP contribution < -0.4 is 10.6 Å². The van der Waals surface area contributed by atoms with Crippen LogP contribution in [0.1, 0.15) is 18.0 Å². The van der Waals surface area contributed by atoms with E-state index in [0.717, 1.165) is 37.6 Å². The van der Waals surface area contributed by atoms with Gasteiger partial charge in [-0.1, -0.05) is 36.4 Å². The molecule has 2 N–H and O–H groups in total. The summed E-state index contributed by atoms with van der Waals surface area (Å²) in [5.41, 5.74) is 7.16. The molecule has 0 spiro atoms. The molecule has 7 heteroatoms.